The number of benzene rings is 1. The summed E-state index contributed by atoms with van der Waals surface area (Å²) < 4.78 is 6.83. The Balaban J connectivity index is 1.73. The van der Waals surface area contributed by atoms with Gasteiger partial charge in [-0.3, -0.25) is 9.59 Å². The minimum Gasteiger partial charge on any atom is -0.452 e. The summed E-state index contributed by atoms with van der Waals surface area (Å²) in [6.07, 6.45) is 2.10. The minimum absolute atomic E-state index is 0.137. The van der Waals surface area contributed by atoms with E-state index in [0.717, 1.165) is 12.8 Å². The molecule has 1 fully saturated rings. The molecule has 0 saturated carbocycles. The molecule has 0 unspecified atom stereocenters. The number of rotatable bonds is 4. The number of likely N-dealkylation sites (tertiary alicyclic amines) is 1. The van der Waals surface area contributed by atoms with Crippen LogP contribution in [0.25, 0.3) is 11.0 Å². The van der Waals surface area contributed by atoms with Crippen molar-refractivity contribution >= 4 is 22.9 Å². The standard InChI is InChI=1S/C20H25N3O4/c1-4-23-17-8-7-15(10-16(17)21-14(3)19(23)25)20(26)27-12-18(24)22-9-5-6-13(2)11-22/h7-8,10,13H,4-6,9,11-12H2,1-3H3/t13-/m1/s1. The van der Waals surface area contributed by atoms with Crippen LogP contribution in [0.15, 0.2) is 23.0 Å². The van der Waals surface area contributed by atoms with Gasteiger partial charge in [-0.15, -0.1) is 0 Å². The smallest absolute Gasteiger partial charge is 0.338 e. The van der Waals surface area contributed by atoms with Crippen molar-refractivity contribution in [2.75, 3.05) is 19.7 Å². The maximum Gasteiger partial charge on any atom is 0.338 e. The molecule has 2 aromatic rings. The Labute approximate surface area is 157 Å². The zero-order chi connectivity index (χ0) is 19.6. The van der Waals surface area contributed by atoms with Crippen molar-refractivity contribution in [2.45, 2.75) is 40.2 Å². The summed E-state index contributed by atoms with van der Waals surface area (Å²) in [5, 5.41) is 0. The summed E-state index contributed by atoms with van der Waals surface area (Å²) >= 11 is 0. The fraction of sp³-hybridized carbons (Fsp3) is 0.500. The lowest BCUT2D eigenvalue weighted by molar-refractivity contribution is -0.136. The number of aryl methyl sites for hydroxylation is 2. The summed E-state index contributed by atoms with van der Waals surface area (Å²) in [7, 11) is 0. The molecule has 2 heterocycles. The Hall–Kier alpha value is -2.70. The van der Waals surface area contributed by atoms with E-state index in [-0.39, 0.29) is 18.1 Å². The quantitative estimate of drug-likeness (QED) is 0.769. The van der Waals surface area contributed by atoms with Gasteiger partial charge in [0.25, 0.3) is 11.5 Å². The lowest BCUT2D eigenvalue weighted by atomic mass is 10.0. The molecule has 1 saturated heterocycles. The van der Waals surface area contributed by atoms with E-state index in [1.807, 2.05) is 6.92 Å². The second-order valence-corrected chi connectivity index (χ2v) is 7.11. The molecule has 0 radical (unpaired) electrons. The average Bonchev–Trinajstić information content (AvgIpc) is 2.66. The van der Waals surface area contributed by atoms with E-state index >= 15 is 0 Å². The van der Waals surface area contributed by atoms with E-state index in [4.69, 9.17) is 4.74 Å². The lowest BCUT2D eigenvalue weighted by Gasteiger charge is -2.30. The van der Waals surface area contributed by atoms with Crippen molar-refractivity contribution in [2.24, 2.45) is 5.92 Å². The Kier molecular flexibility index (Phi) is 5.58. The number of carbonyl (C=O) groups excluding carboxylic acids is 2. The zero-order valence-electron chi connectivity index (χ0n) is 16.0. The van der Waals surface area contributed by atoms with Crippen molar-refractivity contribution < 1.29 is 14.3 Å². The number of hydrogen-bond donors (Lipinski definition) is 0. The van der Waals surface area contributed by atoms with Crippen LogP contribution in [0.5, 0.6) is 0 Å². The molecule has 0 spiro atoms. The van der Waals surface area contributed by atoms with Gasteiger partial charge in [0.2, 0.25) is 0 Å². The van der Waals surface area contributed by atoms with Gasteiger partial charge < -0.3 is 14.2 Å². The Bertz CT molecular complexity index is 935. The van der Waals surface area contributed by atoms with E-state index < -0.39 is 5.97 Å². The van der Waals surface area contributed by atoms with Gasteiger partial charge in [-0.2, -0.15) is 0 Å². The van der Waals surface area contributed by atoms with Crippen LogP contribution in [-0.2, 0) is 16.1 Å². The number of esters is 1. The topological polar surface area (TPSA) is 81.5 Å². The minimum atomic E-state index is -0.566. The highest BCUT2D eigenvalue weighted by atomic mass is 16.5. The molecule has 1 aliphatic rings. The molecule has 1 aromatic carbocycles. The fourth-order valence-corrected chi connectivity index (χ4v) is 3.53. The molecule has 1 atom stereocenters. The van der Waals surface area contributed by atoms with Crippen LogP contribution in [0.2, 0.25) is 0 Å². The van der Waals surface area contributed by atoms with Gasteiger partial charge in [0.05, 0.1) is 16.6 Å². The third-order valence-electron chi connectivity index (χ3n) is 5.00. The molecular weight excluding hydrogens is 346 g/mol. The van der Waals surface area contributed by atoms with Crippen LogP contribution in [-0.4, -0.2) is 46.0 Å². The predicted molar refractivity (Wildman–Crippen MR) is 102 cm³/mol. The molecule has 0 aliphatic carbocycles. The number of aromatic nitrogens is 2. The van der Waals surface area contributed by atoms with Gasteiger partial charge in [-0.05, 0) is 50.8 Å². The number of carbonyl (C=O) groups is 2. The number of amides is 1. The van der Waals surface area contributed by atoms with Crippen LogP contribution in [0.4, 0.5) is 0 Å². The Morgan fingerprint density at radius 2 is 2.11 bits per heavy atom. The molecule has 1 aliphatic heterocycles. The summed E-state index contributed by atoms with van der Waals surface area (Å²) in [6.45, 7) is 7.34. The summed E-state index contributed by atoms with van der Waals surface area (Å²) in [6, 6.07) is 4.89. The largest absolute Gasteiger partial charge is 0.452 e. The van der Waals surface area contributed by atoms with Gasteiger partial charge in [0.1, 0.15) is 5.69 Å². The van der Waals surface area contributed by atoms with Crippen molar-refractivity contribution in [3.63, 3.8) is 0 Å². The van der Waals surface area contributed by atoms with Gasteiger partial charge in [0, 0.05) is 19.6 Å². The predicted octanol–water partition coefficient (Wildman–Crippen LogP) is 2.14. The Morgan fingerprint density at radius 1 is 1.33 bits per heavy atom. The number of hydrogen-bond acceptors (Lipinski definition) is 5. The summed E-state index contributed by atoms with van der Waals surface area (Å²) in [5.74, 6) is -0.252. The van der Waals surface area contributed by atoms with Crippen molar-refractivity contribution in [1.29, 1.82) is 0 Å². The van der Waals surface area contributed by atoms with Crippen LogP contribution >= 0.6 is 0 Å². The van der Waals surface area contributed by atoms with Gasteiger partial charge >= 0.3 is 5.97 Å². The molecule has 27 heavy (non-hydrogen) atoms. The van der Waals surface area contributed by atoms with E-state index in [1.54, 1.807) is 34.6 Å². The lowest BCUT2D eigenvalue weighted by Crippen LogP contribution is -2.41. The maximum atomic E-state index is 12.4. The molecule has 3 rings (SSSR count). The maximum absolute atomic E-state index is 12.4. The second kappa shape index (κ2) is 7.90. The molecule has 0 N–H and O–H groups in total. The van der Waals surface area contributed by atoms with Crippen LogP contribution in [0.1, 0.15) is 42.7 Å². The van der Waals surface area contributed by atoms with Gasteiger partial charge in [0.15, 0.2) is 6.61 Å². The highest BCUT2D eigenvalue weighted by Gasteiger charge is 2.22. The van der Waals surface area contributed by atoms with E-state index in [0.29, 0.717) is 47.8 Å². The first-order valence-electron chi connectivity index (χ1n) is 9.36. The second-order valence-electron chi connectivity index (χ2n) is 7.11. The SMILES string of the molecule is CCn1c(=O)c(C)nc2cc(C(=O)OCC(=O)N3CCC[C@@H](C)C3)ccc21. The fourth-order valence-electron chi connectivity index (χ4n) is 3.53. The molecule has 7 nitrogen and oxygen atoms in total. The zero-order valence-corrected chi connectivity index (χ0v) is 16.0. The highest BCUT2D eigenvalue weighted by molar-refractivity contribution is 5.94. The Morgan fingerprint density at radius 3 is 2.81 bits per heavy atom. The molecule has 1 aromatic heterocycles. The monoisotopic (exact) mass is 371 g/mol. The van der Waals surface area contributed by atoms with Crippen LogP contribution in [0.3, 0.4) is 0 Å². The van der Waals surface area contributed by atoms with Crippen molar-refractivity contribution in [3.05, 3.63) is 39.8 Å². The first-order chi connectivity index (χ1) is 12.9. The summed E-state index contributed by atoms with van der Waals surface area (Å²) in [4.78, 5) is 42.8. The molecule has 1 amide bonds. The van der Waals surface area contributed by atoms with Crippen molar-refractivity contribution in [3.8, 4) is 0 Å². The van der Waals surface area contributed by atoms with Gasteiger partial charge in [-0.1, -0.05) is 6.92 Å². The third kappa shape index (κ3) is 4.02. The number of fused-ring (bicyclic) bond motifs is 1. The average molecular weight is 371 g/mol. The molecule has 144 valence electrons. The van der Waals surface area contributed by atoms with E-state index in [2.05, 4.69) is 11.9 Å². The molecular formula is C20H25N3O4. The number of piperidine rings is 1. The van der Waals surface area contributed by atoms with E-state index in [1.165, 1.54) is 0 Å². The van der Waals surface area contributed by atoms with Crippen LogP contribution in [0, 0.1) is 12.8 Å². The third-order valence-corrected chi connectivity index (χ3v) is 5.00. The summed E-state index contributed by atoms with van der Waals surface area (Å²) in [5.41, 5.74) is 1.78. The van der Waals surface area contributed by atoms with E-state index in [9.17, 15) is 14.4 Å². The number of ether oxygens (including phenoxy) is 1. The first-order valence-corrected chi connectivity index (χ1v) is 9.36. The molecule has 7 heteroatoms. The highest BCUT2D eigenvalue weighted by Crippen LogP contribution is 2.17. The van der Waals surface area contributed by atoms with Gasteiger partial charge in [-0.25, -0.2) is 9.78 Å². The molecule has 0 bridgehead atoms. The number of nitrogens with zero attached hydrogens (tertiary/aromatic N) is 3. The van der Waals surface area contributed by atoms with Crippen molar-refractivity contribution in [1.82, 2.24) is 14.5 Å². The van der Waals surface area contributed by atoms with Crippen LogP contribution < -0.4 is 5.56 Å². The first kappa shape index (κ1) is 19.1. The normalized spacial score (nSPS) is 17.1.